The molecule has 2 aliphatic heterocycles. The van der Waals surface area contributed by atoms with Crippen LogP contribution < -0.4 is 0 Å². The summed E-state index contributed by atoms with van der Waals surface area (Å²) in [5.41, 5.74) is 0.483. The van der Waals surface area contributed by atoms with Crippen LogP contribution in [0.1, 0.15) is 57.8 Å². The lowest BCUT2D eigenvalue weighted by atomic mass is 9.99. The van der Waals surface area contributed by atoms with E-state index >= 15 is 0 Å². The molecule has 8 nitrogen and oxygen atoms in total. The number of ketones is 2. The molecule has 0 radical (unpaired) electrons. The van der Waals surface area contributed by atoms with Crippen molar-refractivity contribution in [1.82, 2.24) is 9.21 Å². The number of hydrogen-bond donors (Lipinski definition) is 0. The van der Waals surface area contributed by atoms with E-state index in [1.54, 1.807) is 29.2 Å². The van der Waals surface area contributed by atoms with E-state index in [1.807, 2.05) is 0 Å². The smallest absolute Gasteiger partial charge is 0.253 e. The lowest BCUT2D eigenvalue weighted by Crippen LogP contribution is -2.55. The Balaban J connectivity index is 1.49. The number of benzene rings is 2. The van der Waals surface area contributed by atoms with Crippen molar-refractivity contribution >= 4 is 27.5 Å². The molecule has 2 aromatic rings. The van der Waals surface area contributed by atoms with Gasteiger partial charge in [-0.3, -0.25) is 14.4 Å². The number of carbonyl (C=O) groups excluding carboxylic acids is 3. The van der Waals surface area contributed by atoms with Gasteiger partial charge in [0, 0.05) is 49.2 Å². The van der Waals surface area contributed by atoms with Crippen molar-refractivity contribution in [2.45, 2.75) is 37.3 Å². The Kier molecular flexibility index (Phi) is 6.22. The summed E-state index contributed by atoms with van der Waals surface area (Å²) in [5.74, 6) is -0.357. The number of piperidine rings is 1. The standard InChI is InChI=1S/C24H26N2O6S/c1-17(27)19-3-5-21(6-4-19)23(29)25-13-11-24(12-14-25)26(15-16-32-24)33(30,31)22-9-7-20(8-10-22)18(2)28/h3-10H,11-16H2,1-2H3. The molecule has 0 atom stereocenters. The molecule has 1 amide bonds. The topological polar surface area (TPSA) is 101 Å². The third-order valence-corrected chi connectivity index (χ3v) is 8.30. The van der Waals surface area contributed by atoms with Crippen molar-refractivity contribution < 1.29 is 27.5 Å². The number of nitrogens with zero attached hydrogens (tertiary/aromatic N) is 2. The Labute approximate surface area is 193 Å². The van der Waals surface area contributed by atoms with Gasteiger partial charge in [0.2, 0.25) is 10.0 Å². The number of hydrogen-bond acceptors (Lipinski definition) is 6. The summed E-state index contributed by atoms with van der Waals surface area (Å²) in [7, 11) is -3.83. The largest absolute Gasteiger partial charge is 0.358 e. The SMILES string of the molecule is CC(=O)c1ccc(C(=O)N2CCC3(CC2)OCCN3S(=O)(=O)c2ccc(C(C)=O)cc2)cc1. The fourth-order valence-corrected chi connectivity index (χ4v) is 6.13. The number of Topliss-reactive ketones (excluding diaryl/α,β-unsaturated/α-hetero) is 2. The zero-order chi connectivity index (χ0) is 23.8. The minimum atomic E-state index is -3.83. The van der Waals surface area contributed by atoms with E-state index in [4.69, 9.17) is 4.74 Å². The highest BCUT2D eigenvalue weighted by molar-refractivity contribution is 7.89. The Morgan fingerprint density at radius 2 is 1.27 bits per heavy atom. The predicted octanol–water partition coefficient (Wildman–Crippen LogP) is 2.75. The first kappa shape index (κ1) is 23.3. The number of amides is 1. The van der Waals surface area contributed by atoms with Crippen LogP contribution in [0, 0.1) is 0 Å². The Morgan fingerprint density at radius 1 is 0.788 bits per heavy atom. The van der Waals surface area contributed by atoms with Crippen LogP contribution in [0.5, 0.6) is 0 Å². The first-order chi connectivity index (χ1) is 15.6. The Hall–Kier alpha value is -2.88. The lowest BCUT2D eigenvalue weighted by molar-refractivity contribution is -0.0857. The van der Waals surface area contributed by atoms with Gasteiger partial charge in [0.1, 0.15) is 5.72 Å². The molecule has 9 heteroatoms. The highest BCUT2D eigenvalue weighted by atomic mass is 32.2. The Morgan fingerprint density at radius 3 is 1.79 bits per heavy atom. The van der Waals surface area contributed by atoms with Crippen LogP contribution in [-0.2, 0) is 14.8 Å². The minimum Gasteiger partial charge on any atom is -0.358 e. The molecule has 2 heterocycles. The molecule has 2 aromatic carbocycles. The summed E-state index contributed by atoms with van der Waals surface area (Å²) in [6.45, 7) is 4.12. The van der Waals surface area contributed by atoms with Crippen molar-refractivity contribution in [3.05, 3.63) is 65.2 Å². The molecule has 0 aromatic heterocycles. The average molecular weight is 471 g/mol. The summed E-state index contributed by atoms with van der Waals surface area (Å²) >= 11 is 0. The minimum absolute atomic E-state index is 0.0653. The maximum Gasteiger partial charge on any atom is 0.253 e. The molecule has 2 fully saturated rings. The average Bonchev–Trinajstić information content (AvgIpc) is 3.23. The van der Waals surface area contributed by atoms with Crippen LogP contribution in [0.3, 0.4) is 0 Å². The fourth-order valence-electron chi connectivity index (χ4n) is 4.41. The molecule has 0 saturated carbocycles. The molecule has 2 saturated heterocycles. The van der Waals surface area contributed by atoms with Gasteiger partial charge >= 0.3 is 0 Å². The van der Waals surface area contributed by atoms with E-state index in [9.17, 15) is 22.8 Å². The van der Waals surface area contributed by atoms with E-state index in [0.717, 1.165) is 0 Å². The number of likely N-dealkylation sites (tertiary alicyclic amines) is 1. The quantitative estimate of drug-likeness (QED) is 0.623. The third-order valence-electron chi connectivity index (χ3n) is 6.34. The monoisotopic (exact) mass is 470 g/mol. The van der Waals surface area contributed by atoms with E-state index in [1.165, 1.54) is 42.4 Å². The van der Waals surface area contributed by atoms with Gasteiger partial charge in [0.15, 0.2) is 11.6 Å². The molecule has 4 rings (SSSR count). The molecule has 0 aliphatic carbocycles. The molecule has 0 N–H and O–H groups in total. The molecule has 33 heavy (non-hydrogen) atoms. The van der Waals surface area contributed by atoms with Gasteiger partial charge in [0.05, 0.1) is 11.5 Å². The molecular weight excluding hydrogens is 444 g/mol. The van der Waals surface area contributed by atoms with Crippen LogP contribution in [-0.4, -0.2) is 67.1 Å². The second kappa shape index (κ2) is 8.81. The van der Waals surface area contributed by atoms with Gasteiger partial charge in [-0.1, -0.05) is 24.3 Å². The van der Waals surface area contributed by atoms with Gasteiger partial charge < -0.3 is 9.64 Å². The van der Waals surface area contributed by atoms with Crippen molar-refractivity contribution in [1.29, 1.82) is 0 Å². The number of rotatable bonds is 5. The second-order valence-electron chi connectivity index (χ2n) is 8.38. The van der Waals surface area contributed by atoms with Gasteiger partial charge in [0.25, 0.3) is 5.91 Å². The first-order valence-corrected chi connectivity index (χ1v) is 12.3. The zero-order valence-corrected chi connectivity index (χ0v) is 19.4. The van der Waals surface area contributed by atoms with Crippen molar-refractivity contribution in [3.8, 4) is 0 Å². The maximum atomic E-state index is 13.4. The van der Waals surface area contributed by atoms with E-state index in [2.05, 4.69) is 0 Å². The highest BCUT2D eigenvalue weighted by Gasteiger charge is 2.51. The molecular formula is C24H26N2O6S. The highest BCUT2D eigenvalue weighted by Crippen LogP contribution is 2.38. The van der Waals surface area contributed by atoms with Gasteiger partial charge in [-0.2, -0.15) is 4.31 Å². The lowest BCUT2D eigenvalue weighted by Gasteiger charge is -2.42. The van der Waals surface area contributed by atoms with Gasteiger partial charge in [-0.25, -0.2) is 8.42 Å². The van der Waals surface area contributed by atoms with Crippen LogP contribution >= 0.6 is 0 Å². The van der Waals surface area contributed by atoms with E-state index in [0.29, 0.717) is 42.6 Å². The normalized spacial score (nSPS) is 18.4. The molecule has 2 aliphatic rings. The molecule has 0 bridgehead atoms. The third kappa shape index (κ3) is 4.36. The Bertz CT molecular complexity index is 1180. The summed E-state index contributed by atoms with van der Waals surface area (Å²) in [5, 5.41) is 0. The molecule has 174 valence electrons. The number of carbonyl (C=O) groups is 3. The van der Waals surface area contributed by atoms with Gasteiger partial charge in [-0.05, 0) is 38.1 Å². The fraction of sp³-hybridized carbons (Fsp3) is 0.375. The van der Waals surface area contributed by atoms with Crippen LogP contribution in [0.15, 0.2) is 53.4 Å². The second-order valence-corrected chi connectivity index (χ2v) is 10.2. The number of ether oxygens (including phenoxy) is 1. The first-order valence-electron chi connectivity index (χ1n) is 10.8. The predicted molar refractivity (Wildman–Crippen MR) is 121 cm³/mol. The summed E-state index contributed by atoms with van der Waals surface area (Å²) in [6.07, 6.45) is 0.712. The summed E-state index contributed by atoms with van der Waals surface area (Å²) in [6, 6.07) is 12.4. The summed E-state index contributed by atoms with van der Waals surface area (Å²) < 4.78 is 34.1. The van der Waals surface area contributed by atoms with E-state index < -0.39 is 15.7 Å². The number of sulfonamides is 1. The van der Waals surface area contributed by atoms with E-state index in [-0.39, 0.29) is 35.5 Å². The van der Waals surface area contributed by atoms with Crippen LogP contribution in [0.4, 0.5) is 0 Å². The zero-order valence-electron chi connectivity index (χ0n) is 18.6. The van der Waals surface area contributed by atoms with Crippen molar-refractivity contribution in [2.24, 2.45) is 0 Å². The van der Waals surface area contributed by atoms with Gasteiger partial charge in [-0.15, -0.1) is 0 Å². The molecule has 0 unspecified atom stereocenters. The van der Waals surface area contributed by atoms with Crippen molar-refractivity contribution in [2.75, 3.05) is 26.2 Å². The summed E-state index contributed by atoms with van der Waals surface area (Å²) in [4.78, 5) is 37.7. The van der Waals surface area contributed by atoms with Crippen molar-refractivity contribution in [3.63, 3.8) is 0 Å². The van der Waals surface area contributed by atoms with Crippen LogP contribution in [0.2, 0.25) is 0 Å². The maximum absolute atomic E-state index is 13.4. The van der Waals surface area contributed by atoms with Crippen LogP contribution in [0.25, 0.3) is 0 Å². The molecule has 1 spiro atoms.